The van der Waals surface area contributed by atoms with Crippen molar-refractivity contribution in [2.75, 3.05) is 19.6 Å². The number of hydrogen-bond acceptors (Lipinski definition) is 3. The largest absolute Gasteiger partial charge is 0.309 e. The lowest BCUT2D eigenvalue weighted by Gasteiger charge is -2.23. The number of aromatic nitrogens is 1. The molecule has 1 aromatic heterocycles. The summed E-state index contributed by atoms with van der Waals surface area (Å²) < 4.78 is 0. The van der Waals surface area contributed by atoms with Crippen molar-refractivity contribution >= 4 is 0 Å². The van der Waals surface area contributed by atoms with Gasteiger partial charge in [-0.3, -0.25) is 4.98 Å². The molecular weight excluding hydrogens is 210 g/mol. The molecule has 0 spiro atoms. The number of pyridine rings is 1. The van der Waals surface area contributed by atoms with E-state index in [1.807, 2.05) is 12.4 Å². The van der Waals surface area contributed by atoms with E-state index < -0.39 is 0 Å². The van der Waals surface area contributed by atoms with Gasteiger partial charge in [0.1, 0.15) is 0 Å². The van der Waals surface area contributed by atoms with Crippen molar-refractivity contribution in [3.63, 3.8) is 0 Å². The highest BCUT2D eigenvalue weighted by molar-refractivity contribution is 5.21. The number of nitrogens with zero attached hydrogens (tertiary/aromatic N) is 2. The molecule has 0 saturated heterocycles. The van der Waals surface area contributed by atoms with E-state index in [2.05, 4.69) is 49.0 Å². The second kappa shape index (κ2) is 7.41. The maximum absolute atomic E-state index is 4.17. The number of nitrogens with one attached hydrogen (secondary N) is 1. The van der Waals surface area contributed by atoms with Crippen LogP contribution in [0.3, 0.4) is 0 Å². The maximum atomic E-state index is 4.17. The van der Waals surface area contributed by atoms with Crippen LogP contribution >= 0.6 is 0 Å². The molecule has 1 heterocycles. The van der Waals surface area contributed by atoms with Crippen LogP contribution in [0.4, 0.5) is 0 Å². The minimum atomic E-state index is 0.509. The Labute approximate surface area is 105 Å². The SMILES string of the molecule is CCN(CC)CC(C)NCc1cnccc1C. The molecule has 0 aliphatic carbocycles. The second-order valence-electron chi connectivity index (χ2n) is 4.57. The first-order valence-electron chi connectivity index (χ1n) is 6.52. The Morgan fingerprint density at radius 3 is 2.65 bits per heavy atom. The average molecular weight is 235 g/mol. The molecular formula is C14H25N3. The van der Waals surface area contributed by atoms with Crippen molar-refractivity contribution in [3.8, 4) is 0 Å². The topological polar surface area (TPSA) is 28.2 Å². The van der Waals surface area contributed by atoms with E-state index in [-0.39, 0.29) is 0 Å². The normalized spacial score (nSPS) is 13.0. The van der Waals surface area contributed by atoms with E-state index in [9.17, 15) is 0 Å². The highest BCUT2D eigenvalue weighted by Gasteiger charge is 2.07. The fourth-order valence-electron chi connectivity index (χ4n) is 1.90. The number of rotatable bonds is 7. The van der Waals surface area contributed by atoms with E-state index in [1.165, 1.54) is 11.1 Å². The molecule has 1 unspecified atom stereocenters. The maximum Gasteiger partial charge on any atom is 0.0315 e. The van der Waals surface area contributed by atoms with Crippen LogP contribution in [0.5, 0.6) is 0 Å². The molecule has 3 nitrogen and oxygen atoms in total. The second-order valence-corrected chi connectivity index (χ2v) is 4.57. The van der Waals surface area contributed by atoms with Gasteiger partial charge in [-0.25, -0.2) is 0 Å². The Kier molecular flexibility index (Phi) is 6.16. The lowest BCUT2D eigenvalue weighted by Crippen LogP contribution is -2.38. The van der Waals surface area contributed by atoms with Gasteiger partial charge < -0.3 is 10.2 Å². The summed E-state index contributed by atoms with van der Waals surface area (Å²) in [7, 11) is 0. The van der Waals surface area contributed by atoms with Crippen LogP contribution in [0.15, 0.2) is 18.5 Å². The average Bonchev–Trinajstić information content (AvgIpc) is 2.35. The Hall–Kier alpha value is -0.930. The molecule has 0 amide bonds. The van der Waals surface area contributed by atoms with E-state index in [4.69, 9.17) is 0 Å². The van der Waals surface area contributed by atoms with Crippen LogP contribution in [0.1, 0.15) is 31.9 Å². The van der Waals surface area contributed by atoms with E-state index in [0.717, 1.165) is 26.2 Å². The molecule has 0 aliphatic heterocycles. The molecule has 17 heavy (non-hydrogen) atoms. The summed E-state index contributed by atoms with van der Waals surface area (Å²) in [5.74, 6) is 0. The molecule has 1 rings (SSSR count). The Morgan fingerprint density at radius 1 is 1.35 bits per heavy atom. The Morgan fingerprint density at radius 2 is 2.06 bits per heavy atom. The molecule has 1 atom stereocenters. The third-order valence-electron chi connectivity index (χ3n) is 3.21. The third kappa shape index (κ3) is 4.84. The van der Waals surface area contributed by atoms with Gasteiger partial charge in [0.15, 0.2) is 0 Å². The van der Waals surface area contributed by atoms with Crippen LogP contribution in [0, 0.1) is 6.92 Å². The quantitative estimate of drug-likeness (QED) is 0.785. The highest BCUT2D eigenvalue weighted by Crippen LogP contribution is 2.04. The van der Waals surface area contributed by atoms with E-state index in [0.29, 0.717) is 6.04 Å². The minimum absolute atomic E-state index is 0.509. The van der Waals surface area contributed by atoms with Crippen LogP contribution in [-0.4, -0.2) is 35.6 Å². The summed E-state index contributed by atoms with van der Waals surface area (Å²) in [5, 5.41) is 3.56. The van der Waals surface area contributed by atoms with E-state index >= 15 is 0 Å². The summed E-state index contributed by atoms with van der Waals surface area (Å²) in [6, 6.07) is 2.57. The molecule has 3 heteroatoms. The Balaban J connectivity index is 2.38. The zero-order chi connectivity index (χ0) is 12.7. The van der Waals surface area contributed by atoms with Gasteiger partial charge in [0, 0.05) is 31.5 Å². The summed E-state index contributed by atoms with van der Waals surface area (Å²) in [6.07, 6.45) is 3.80. The molecule has 0 saturated carbocycles. The standard InChI is InChI=1S/C14H25N3/c1-5-17(6-2)11-13(4)16-10-14-9-15-8-7-12(14)3/h7-9,13,16H,5-6,10-11H2,1-4H3. The monoisotopic (exact) mass is 235 g/mol. The zero-order valence-electron chi connectivity index (χ0n) is 11.5. The first-order chi connectivity index (χ1) is 8.17. The third-order valence-corrected chi connectivity index (χ3v) is 3.21. The molecule has 1 aromatic rings. The van der Waals surface area contributed by atoms with Gasteiger partial charge in [-0.15, -0.1) is 0 Å². The van der Waals surface area contributed by atoms with Gasteiger partial charge in [0.25, 0.3) is 0 Å². The van der Waals surface area contributed by atoms with Crippen molar-refractivity contribution in [2.45, 2.75) is 40.3 Å². The molecule has 1 N–H and O–H groups in total. The van der Waals surface area contributed by atoms with Crippen molar-refractivity contribution < 1.29 is 0 Å². The lowest BCUT2D eigenvalue weighted by atomic mass is 10.1. The number of hydrogen-bond donors (Lipinski definition) is 1. The first kappa shape index (κ1) is 14.1. The summed E-state index contributed by atoms with van der Waals surface area (Å²) in [5.41, 5.74) is 2.60. The molecule has 0 radical (unpaired) electrons. The predicted molar refractivity (Wildman–Crippen MR) is 73.1 cm³/mol. The molecule has 0 aliphatic rings. The minimum Gasteiger partial charge on any atom is -0.309 e. The summed E-state index contributed by atoms with van der Waals surface area (Å²) >= 11 is 0. The van der Waals surface area contributed by atoms with Crippen LogP contribution in [0.25, 0.3) is 0 Å². The first-order valence-corrected chi connectivity index (χ1v) is 6.52. The van der Waals surface area contributed by atoms with Gasteiger partial charge in [0.2, 0.25) is 0 Å². The fraction of sp³-hybridized carbons (Fsp3) is 0.643. The molecule has 0 aromatic carbocycles. The molecule has 0 bridgehead atoms. The number of aryl methyl sites for hydroxylation is 1. The molecule has 0 fully saturated rings. The lowest BCUT2D eigenvalue weighted by molar-refractivity contribution is 0.270. The Bertz CT molecular complexity index is 321. The van der Waals surface area contributed by atoms with Gasteiger partial charge in [-0.1, -0.05) is 13.8 Å². The van der Waals surface area contributed by atoms with Crippen LogP contribution in [-0.2, 0) is 6.54 Å². The van der Waals surface area contributed by atoms with Crippen molar-refractivity contribution in [3.05, 3.63) is 29.6 Å². The predicted octanol–water partition coefficient (Wildman–Crippen LogP) is 2.21. The van der Waals surface area contributed by atoms with Crippen LogP contribution in [0.2, 0.25) is 0 Å². The van der Waals surface area contributed by atoms with Gasteiger partial charge in [-0.05, 0) is 44.1 Å². The van der Waals surface area contributed by atoms with Gasteiger partial charge in [-0.2, -0.15) is 0 Å². The van der Waals surface area contributed by atoms with Crippen molar-refractivity contribution in [1.29, 1.82) is 0 Å². The molecule has 96 valence electrons. The van der Waals surface area contributed by atoms with Crippen molar-refractivity contribution in [2.24, 2.45) is 0 Å². The summed E-state index contributed by atoms with van der Waals surface area (Å²) in [4.78, 5) is 6.60. The fourth-order valence-corrected chi connectivity index (χ4v) is 1.90. The van der Waals surface area contributed by atoms with Gasteiger partial charge in [0.05, 0.1) is 0 Å². The van der Waals surface area contributed by atoms with E-state index in [1.54, 1.807) is 0 Å². The summed E-state index contributed by atoms with van der Waals surface area (Å²) in [6.45, 7) is 13.0. The zero-order valence-corrected chi connectivity index (χ0v) is 11.5. The van der Waals surface area contributed by atoms with Gasteiger partial charge >= 0.3 is 0 Å². The smallest absolute Gasteiger partial charge is 0.0315 e. The highest BCUT2D eigenvalue weighted by atomic mass is 15.1. The number of likely N-dealkylation sites (N-methyl/N-ethyl adjacent to an activating group) is 1. The van der Waals surface area contributed by atoms with Crippen LogP contribution < -0.4 is 5.32 Å². The van der Waals surface area contributed by atoms with Crippen molar-refractivity contribution in [1.82, 2.24) is 15.2 Å².